The molecule has 0 aromatic carbocycles. The zero-order valence-electron chi connectivity index (χ0n) is 12.8. The Morgan fingerprint density at radius 3 is 2.72 bits per heavy atom. The van der Waals surface area contributed by atoms with Crippen molar-refractivity contribution in [3.63, 3.8) is 0 Å². The summed E-state index contributed by atoms with van der Waals surface area (Å²) in [4.78, 5) is 2.79. The summed E-state index contributed by atoms with van der Waals surface area (Å²) in [5, 5.41) is 3.63. The molecule has 0 spiro atoms. The van der Waals surface area contributed by atoms with Gasteiger partial charge in [-0.2, -0.15) is 0 Å². The van der Waals surface area contributed by atoms with Gasteiger partial charge in [-0.15, -0.1) is 0 Å². The molecule has 3 atom stereocenters. The van der Waals surface area contributed by atoms with E-state index in [0.717, 1.165) is 12.0 Å². The number of likely N-dealkylation sites (N-methyl/N-ethyl adjacent to an activating group) is 1. The molecule has 0 aromatic heterocycles. The molecule has 0 amide bonds. The van der Waals surface area contributed by atoms with Gasteiger partial charge in [0.25, 0.3) is 0 Å². The Kier molecular flexibility index (Phi) is 4.71. The second-order valence-electron chi connectivity index (χ2n) is 7.15. The molecular weight excluding hydrogens is 220 g/mol. The van der Waals surface area contributed by atoms with Gasteiger partial charge >= 0.3 is 0 Å². The van der Waals surface area contributed by atoms with Crippen molar-refractivity contribution in [2.24, 2.45) is 11.3 Å². The zero-order valence-corrected chi connectivity index (χ0v) is 12.8. The van der Waals surface area contributed by atoms with Crippen LogP contribution in [0.2, 0.25) is 0 Å². The molecule has 2 fully saturated rings. The van der Waals surface area contributed by atoms with Gasteiger partial charge in [0, 0.05) is 18.6 Å². The summed E-state index contributed by atoms with van der Waals surface area (Å²) in [5.74, 6) is 0.970. The van der Waals surface area contributed by atoms with Crippen molar-refractivity contribution in [1.29, 1.82) is 0 Å². The third kappa shape index (κ3) is 2.91. The molecule has 106 valence electrons. The molecule has 0 bridgehead atoms. The van der Waals surface area contributed by atoms with Crippen LogP contribution >= 0.6 is 0 Å². The van der Waals surface area contributed by atoms with Crippen molar-refractivity contribution in [3.05, 3.63) is 0 Å². The second-order valence-corrected chi connectivity index (χ2v) is 7.15. The van der Waals surface area contributed by atoms with Crippen molar-refractivity contribution < 1.29 is 0 Å². The summed E-state index contributed by atoms with van der Waals surface area (Å²) in [6.07, 6.45) is 8.39. The molecule has 18 heavy (non-hydrogen) atoms. The fourth-order valence-electron chi connectivity index (χ4n) is 4.39. The Morgan fingerprint density at radius 2 is 2.06 bits per heavy atom. The lowest BCUT2D eigenvalue weighted by Crippen LogP contribution is -2.57. The van der Waals surface area contributed by atoms with E-state index in [9.17, 15) is 0 Å². The lowest BCUT2D eigenvalue weighted by Gasteiger charge is -2.47. The Hall–Kier alpha value is -0.0800. The standard InChI is InChI=1S/C16H32N2/c1-5-7-13-9-11-18(12-13)14-8-6-10-16(2,3)15(14)17-4/h13-15,17H,5-12H2,1-4H3. The Bertz CT molecular complexity index is 262. The minimum atomic E-state index is 0.459. The Balaban J connectivity index is 1.99. The van der Waals surface area contributed by atoms with E-state index in [2.05, 4.69) is 38.0 Å². The maximum atomic E-state index is 3.63. The molecule has 2 rings (SSSR count). The van der Waals surface area contributed by atoms with Crippen LogP contribution in [-0.4, -0.2) is 37.1 Å². The highest BCUT2D eigenvalue weighted by molar-refractivity contribution is 4.99. The van der Waals surface area contributed by atoms with E-state index >= 15 is 0 Å². The second kappa shape index (κ2) is 5.92. The molecule has 2 nitrogen and oxygen atoms in total. The van der Waals surface area contributed by atoms with Crippen molar-refractivity contribution in [3.8, 4) is 0 Å². The summed E-state index contributed by atoms with van der Waals surface area (Å²) >= 11 is 0. The molecule has 1 heterocycles. The zero-order chi connectivity index (χ0) is 13.2. The van der Waals surface area contributed by atoms with E-state index in [-0.39, 0.29) is 0 Å². The smallest absolute Gasteiger partial charge is 0.0271 e. The number of hydrogen-bond acceptors (Lipinski definition) is 2. The quantitative estimate of drug-likeness (QED) is 0.826. The maximum absolute atomic E-state index is 3.63. The van der Waals surface area contributed by atoms with Gasteiger partial charge in [0.05, 0.1) is 0 Å². The highest BCUT2D eigenvalue weighted by Gasteiger charge is 2.42. The topological polar surface area (TPSA) is 15.3 Å². The first-order valence-electron chi connectivity index (χ1n) is 7.99. The molecule has 1 saturated heterocycles. The van der Waals surface area contributed by atoms with Crippen molar-refractivity contribution in [2.45, 2.75) is 71.4 Å². The van der Waals surface area contributed by atoms with Gasteiger partial charge in [-0.3, -0.25) is 4.90 Å². The van der Waals surface area contributed by atoms with Gasteiger partial charge in [-0.1, -0.05) is 33.6 Å². The number of nitrogens with zero attached hydrogens (tertiary/aromatic N) is 1. The number of hydrogen-bond donors (Lipinski definition) is 1. The number of rotatable bonds is 4. The van der Waals surface area contributed by atoms with Crippen LogP contribution in [0.4, 0.5) is 0 Å². The average Bonchev–Trinajstić information content (AvgIpc) is 2.76. The lowest BCUT2D eigenvalue weighted by atomic mass is 9.70. The number of likely N-dealkylation sites (tertiary alicyclic amines) is 1. The molecule has 0 aromatic rings. The molecule has 3 unspecified atom stereocenters. The normalized spacial score (nSPS) is 37.0. The highest BCUT2D eigenvalue weighted by Crippen LogP contribution is 2.39. The minimum Gasteiger partial charge on any atom is -0.315 e. The average molecular weight is 252 g/mol. The predicted molar refractivity (Wildman–Crippen MR) is 78.9 cm³/mol. The van der Waals surface area contributed by atoms with Gasteiger partial charge < -0.3 is 5.32 Å². The molecule has 1 N–H and O–H groups in total. The number of nitrogens with one attached hydrogen (secondary N) is 1. The van der Waals surface area contributed by atoms with E-state index in [1.807, 2.05) is 0 Å². The van der Waals surface area contributed by atoms with E-state index < -0.39 is 0 Å². The molecule has 2 aliphatic rings. The first-order valence-corrected chi connectivity index (χ1v) is 7.99. The van der Waals surface area contributed by atoms with Crippen LogP contribution in [0, 0.1) is 11.3 Å². The van der Waals surface area contributed by atoms with Crippen molar-refractivity contribution in [1.82, 2.24) is 10.2 Å². The molecular formula is C16H32N2. The first-order chi connectivity index (χ1) is 8.58. The summed E-state index contributed by atoms with van der Waals surface area (Å²) in [7, 11) is 2.16. The maximum Gasteiger partial charge on any atom is 0.0271 e. The van der Waals surface area contributed by atoms with Crippen LogP contribution in [0.3, 0.4) is 0 Å². The van der Waals surface area contributed by atoms with Gasteiger partial charge in [0.1, 0.15) is 0 Å². The largest absolute Gasteiger partial charge is 0.315 e. The van der Waals surface area contributed by atoms with Crippen molar-refractivity contribution >= 4 is 0 Å². The monoisotopic (exact) mass is 252 g/mol. The molecule has 2 heteroatoms. The highest BCUT2D eigenvalue weighted by atomic mass is 15.2. The minimum absolute atomic E-state index is 0.459. The van der Waals surface area contributed by atoms with Crippen LogP contribution in [0.25, 0.3) is 0 Å². The van der Waals surface area contributed by atoms with E-state index in [0.29, 0.717) is 11.5 Å². The third-order valence-electron chi connectivity index (χ3n) is 5.34. The summed E-state index contributed by atoms with van der Waals surface area (Å²) in [6.45, 7) is 9.90. The van der Waals surface area contributed by atoms with Crippen LogP contribution in [-0.2, 0) is 0 Å². The molecule has 1 aliphatic heterocycles. The summed E-state index contributed by atoms with van der Waals surface area (Å²) in [6, 6.07) is 1.45. The predicted octanol–water partition coefficient (Wildman–Crippen LogP) is 3.28. The molecule has 1 saturated carbocycles. The Labute approximate surface area is 114 Å². The van der Waals surface area contributed by atoms with Gasteiger partial charge in [0.2, 0.25) is 0 Å². The van der Waals surface area contributed by atoms with Gasteiger partial charge in [0.15, 0.2) is 0 Å². The van der Waals surface area contributed by atoms with Gasteiger partial charge in [-0.05, 0) is 50.6 Å². The fourth-order valence-corrected chi connectivity index (χ4v) is 4.39. The van der Waals surface area contributed by atoms with E-state index in [4.69, 9.17) is 0 Å². The third-order valence-corrected chi connectivity index (χ3v) is 5.34. The SMILES string of the molecule is CCCC1CCN(C2CCCC(C)(C)C2NC)C1. The summed E-state index contributed by atoms with van der Waals surface area (Å²) < 4.78 is 0. The lowest BCUT2D eigenvalue weighted by molar-refractivity contribution is 0.0637. The summed E-state index contributed by atoms with van der Waals surface area (Å²) in [5.41, 5.74) is 0.459. The van der Waals surface area contributed by atoms with Crippen LogP contribution in [0.1, 0.15) is 59.3 Å². The first kappa shape index (κ1) is 14.3. The van der Waals surface area contributed by atoms with E-state index in [1.165, 1.54) is 51.6 Å². The van der Waals surface area contributed by atoms with Crippen molar-refractivity contribution in [2.75, 3.05) is 20.1 Å². The van der Waals surface area contributed by atoms with Crippen LogP contribution in [0.5, 0.6) is 0 Å². The van der Waals surface area contributed by atoms with Crippen LogP contribution in [0.15, 0.2) is 0 Å². The van der Waals surface area contributed by atoms with Crippen LogP contribution < -0.4 is 5.32 Å². The fraction of sp³-hybridized carbons (Fsp3) is 1.00. The van der Waals surface area contributed by atoms with Gasteiger partial charge in [-0.25, -0.2) is 0 Å². The molecule has 0 radical (unpaired) electrons. The van der Waals surface area contributed by atoms with E-state index in [1.54, 1.807) is 0 Å². The molecule has 1 aliphatic carbocycles. The Morgan fingerprint density at radius 1 is 1.28 bits per heavy atom.